The van der Waals surface area contributed by atoms with E-state index in [-0.39, 0.29) is 6.10 Å². The molecule has 15 heavy (non-hydrogen) atoms. The molecule has 0 fully saturated rings. The van der Waals surface area contributed by atoms with E-state index in [1.807, 2.05) is 6.20 Å². The van der Waals surface area contributed by atoms with E-state index in [0.29, 0.717) is 6.61 Å². The standard InChI is InChI=1S/C10H18N2O2S/c1-4-8-5-11-10(15)12(8)6-9(14-3)7-13-2/h5,9H,4,6-7H2,1-3H3,(H,11,15). The fraction of sp³-hybridized carbons (Fsp3) is 0.700. The number of imidazole rings is 1. The number of hydrogen-bond donors (Lipinski definition) is 1. The van der Waals surface area contributed by atoms with Crippen molar-refractivity contribution >= 4 is 12.2 Å². The summed E-state index contributed by atoms with van der Waals surface area (Å²) in [6, 6.07) is 0. The molecule has 1 heterocycles. The zero-order valence-electron chi connectivity index (χ0n) is 9.45. The Bertz CT molecular complexity index is 345. The lowest BCUT2D eigenvalue weighted by Gasteiger charge is -2.16. The van der Waals surface area contributed by atoms with Gasteiger partial charge in [-0.15, -0.1) is 0 Å². The van der Waals surface area contributed by atoms with Gasteiger partial charge in [-0.2, -0.15) is 0 Å². The van der Waals surface area contributed by atoms with Crippen molar-refractivity contribution in [2.24, 2.45) is 0 Å². The molecule has 0 amide bonds. The highest BCUT2D eigenvalue weighted by molar-refractivity contribution is 7.71. The van der Waals surface area contributed by atoms with E-state index in [1.54, 1.807) is 14.2 Å². The van der Waals surface area contributed by atoms with Gasteiger partial charge < -0.3 is 19.0 Å². The van der Waals surface area contributed by atoms with Crippen LogP contribution in [0.25, 0.3) is 0 Å². The van der Waals surface area contributed by atoms with Crippen molar-refractivity contribution in [1.29, 1.82) is 0 Å². The molecule has 86 valence electrons. The van der Waals surface area contributed by atoms with E-state index >= 15 is 0 Å². The number of H-pyrrole nitrogens is 1. The van der Waals surface area contributed by atoms with Crippen LogP contribution in [-0.2, 0) is 22.4 Å². The van der Waals surface area contributed by atoms with Crippen molar-refractivity contribution in [3.05, 3.63) is 16.7 Å². The van der Waals surface area contributed by atoms with Crippen LogP contribution < -0.4 is 0 Å². The maximum Gasteiger partial charge on any atom is 0.177 e. The van der Waals surface area contributed by atoms with Gasteiger partial charge in [0.25, 0.3) is 0 Å². The van der Waals surface area contributed by atoms with Gasteiger partial charge in [0.1, 0.15) is 0 Å². The number of ether oxygens (including phenoxy) is 2. The van der Waals surface area contributed by atoms with Gasteiger partial charge in [0, 0.05) is 26.1 Å². The molecule has 0 spiro atoms. The molecule has 0 aliphatic heterocycles. The van der Waals surface area contributed by atoms with Gasteiger partial charge in [-0.05, 0) is 18.6 Å². The first-order valence-corrected chi connectivity index (χ1v) is 5.42. The topological polar surface area (TPSA) is 39.2 Å². The fourth-order valence-corrected chi connectivity index (χ4v) is 1.76. The summed E-state index contributed by atoms with van der Waals surface area (Å²) in [5.41, 5.74) is 1.19. The molecule has 0 aliphatic rings. The van der Waals surface area contributed by atoms with Crippen LogP contribution >= 0.6 is 12.2 Å². The predicted molar refractivity (Wildman–Crippen MR) is 61.7 cm³/mol. The first-order valence-electron chi connectivity index (χ1n) is 5.01. The number of nitrogens with one attached hydrogen (secondary N) is 1. The molecule has 1 atom stereocenters. The molecule has 1 aromatic rings. The minimum atomic E-state index is 0.0443. The lowest BCUT2D eigenvalue weighted by Crippen LogP contribution is -2.24. The van der Waals surface area contributed by atoms with Crippen LogP contribution in [0, 0.1) is 4.77 Å². The molecule has 1 aromatic heterocycles. The van der Waals surface area contributed by atoms with Gasteiger partial charge in [0.15, 0.2) is 4.77 Å². The highest BCUT2D eigenvalue weighted by atomic mass is 32.1. The third-order valence-electron chi connectivity index (χ3n) is 2.39. The van der Waals surface area contributed by atoms with Crippen LogP contribution in [0.5, 0.6) is 0 Å². The normalized spacial score (nSPS) is 13.0. The molecule has 1 rings (SSSR count). The van der Waals surface area contributed by atoms with E-state index in [0.717, 1.165) is 17.7 Å². The minimum absolute atomic E-state index is 0.0443. The molecular weight excluding hydrogens is 212 g/mol. The zero-order chi connectivity index (χ0) is 11.3. The highest BCUT2D eigenvalue weighted by Gasteiger charge is 2.10. The smallest absolute Gasteiger partial charge is 0.177 e. The van der Waals surface area contributed by atoms with Gasteiger partial charge in [-0.1, -0.05) is 6.92 Å². The van der Waals surface area contributed by atoms with Crippen LogP contribution in [0.2, 0.25) is 0 Å². The van der Waals surface area contributed by atoms with Crippen molar-refractivity contribution in [1.82, 2.24) is 9.55 Å². The summed E-state index contributed by atoms with van der Waals surface area (Å²) in [7, 11) is 3.36. The predicted octanol–water partition coefficient (Wildman–Crippen LogP) is 1.77. The second-order valence-corrected chi connectivity index (χ2v) is 3.75. The quantitative estimate of drug-likeness (QED) is 0.757. The lowest BCUT2D eigenvalue weighted by atomic mass is 10.3. The average molecular weight is 230 g/mol. The number of aromatic nitrogens is 2. The summed E-state index contributed by atoms with van der Waals surface area (Å²) in [5, 5.41) is 0. The second-order valence-electron chi connectivity index (χ2n) is 3.36. The molecule has 0 bridgehead atoms. The Morgan fingerprint density at radius 2 is 2.27 bits per heavy atom. The summed E-state index contributed by atoms with van der Waals surface area (Å²) >= 11 is 5.20. The van der Waals surface area contributed by atoms with Crippen LogP contribution in [0.15, 0.2) is 6.20 Å². The van der Waals surface area contributed by atoms with Gasteiger partial charge in [0.2, 0.25) is 0 Å². The van der Waals surface area contributed by atoms with Crippen LogP contribution in [-0.4, -0.2) is 36.5 Å². The molecular formula is C10H18N2O2S. The summed E-state index contributed by atoms with van der Waals surface area (Å²) in [4.78, 5) is 3.04. The molecule has 0 radical (unpaired) electrons. The molecule has 5 heteroatoms. The van der Waals surface area contributed by atoms with Crippen LogP contribution in [0.1, 0.15) is 12.6 Å². The average Bonchev–Trinajstić information content (AvgIpc) is 2.59. The van der Waals surface area contributed by atoms with Gasteiger partial charge in [-0.3, -0.25) is 0 Å². The van der Waals surface area contributed by atoms with Gasteiger partial charge in [0.05, 0.1) is 19.3 Å². The maximum atomic E-state index is 5.31. The third kappa shape index (κ3) is 3.15. The fourth-order valence-electron chi connectivity index (χ4n) is 1.51. The zero-order valence-corrected chi connectivity index (χ0v) is 10.3. The Morgan fingerprint density at radius 1 is 1.53 bits per heavy atom. The summed E-state index contributed by atoms with van der Waals surface area (Å²) in [6.07, 6.45) is 2.95. The summed E-state index contributed by atoms with van der Waals surface area (Å²) < 4.78 is 13.2. The van der Waals surface area contributed by atoms with Crippen LogP contribution in [0.3, 0.4) is 0 Å². The number of hydrogen-bond acceptors (Lipinski definition) is 3. The number of rotatable bonds is 6. The van der Waals surface area contributed by atoms with E-state index in [1.165, 1.54) is 5.69 Å². The third-order valence-corrected chi connectivity index (χ3v) is 2.73. The molecule has 1 unspecified atom stereocenters. The molecule has 0 saturated heterocycles. The SMILES string of the molecule is CCc1c[nH]c(=S)n1CC(COC)OC. The number of aromatic amines is 1. The van der Waals surface area contributed by atoms with Gasteiger partial charge in [-0.25, -0.2) is 0 Å². The minimum Gasteiger partial charge on any atom is -0.382 e. The maximum absolute atomic E-state index is 5.31. The second kappa shape index (κ2) is 6.05. The van der Waals surface area contributed by atoms with Crippen molar-refractivity contribution in [3.8, 4) is 0 Å². The van der Waals surface area contributed by atoms with Crippen molar-refractivity contribution in [3.63, 3.8) is 0 Å². The van der Waals surface area contributed by atoms with Crippen molar-refractivity contribution < 1.29 is 9.47 Å². The van der Waals surface area contributed by atoms with Crippen molar-refractivity contribution in [2.75, 3.05) is 20.8 Å². The van der Waals surface area contributed by atoms with E-state index in [2.05, 4.69) is 16.5 Å². The largest absolute Gasteiger partial charge is 0.382 e. The van der Waals surface area contributed by atoms with Gasteiger partial charge >= 0.3 is 0 Å². The number of methoxy groups -OCH3 is 2. The van der Waals surface area contributed by atoms with E-state index in [9.17, 15) is 0 Å². The van der Waals surface area contributed by atoms with E-state index < -0.39 is 0 Å². The van der Waals surface area contributed by atoms with Crippen LogP contribution in [0.4, 0.5) is 0 Å². The highest BCUT2D eigenvalue weighted by Crippen LogP contribution is 2.06. The Kier molecular flexibility index (Phi) is 5.01. The molecule has 0 aromatic carbocycles. The Balaban J connectivity index is 2.77. The summed E-state index contributed by atoms with van der Waals surface area (Å²) in [6.45, 7) is 3.41. The first-order chi connectivity index (χ1) is 7.22. The lowest BCUT2D eigenvalue weighted by molar-refractivity contribution is 0.0177. The Labute approximate surface area is 95.2 Å². The molecule has 4 nitrogen and oxygen atoms in total. The monoisotopic (exact) mass is 230 g/mol. The first kappa shape index (κ1) is 12.4. The Morgan fingerprint density at radius 3 is 2.80 bits per heavy atom. The van der Waals surface area contributed by atoms with E-state index in [4.69, 9.17) is 21.7 Å². The molecule has 0 aliphatic carbocycles. The van der Waals surface area contributed by atoms with Crippen molar-refractivity contribution in [2.45, 2.75) is 26.0 Å². The number of aryl methyl sites for hydroxylation is 1. The Hall–Kier alpha value is -0.650. The molecule has 0 saturated carbocycles. The number of nitrogens with zero attached hydrogens (tertiary/aromatic N) is 1. The summed E-state index contributed by atoms with van der Waals surface area (Å²) in [5.74, 6) is 0. The molecule has 1 N–H and O–H groups in total.